The second kappa shape index (κ2) is 4.74. The lowest BCUT2D eigenvalue weighted by Crippen LogP contribution is -2.51. The maximum atomic E-state index is 14.0. The number of hydrogen-bond donors (Lipinski definition) is 2. The fraction of sp³-hybridized carbons (Fsp3) is 0.286. The van der Waals surface area contributed by atoms with Gasteiger partial charge in [-0.3, -0.25) is 4.79 Å². The fourth-order valence-electron chi connectivity index (χ4n) is 2.70. The van der Waals surface area contributed by atoms with Gasteiger partial charge in [-0.2, -0.15) is 0 Å². The molecule has 3 rings (SSSR count). The van der Waals surface area contributed by atoms with E-state index in [4.69, 9.17) is 12.2 Å². The van der Waals surface area contributed by atoms with Crippen LogP contribution in [0, 0.1) is 11.7 Å². The number of thiocarbonyl (C=S) groups is 1. The molecule has 3 nitrogen and oxygen atoms in total. The number of hydrogen-bond acceptors (Lipinski definition) is 2. The van der Waals surface area contributed by atoms with E-state index in [1.165, 1.54) is 6.07 Å². The van der Waals surface area contributed by atoms with Gasteiger partial charge >= 0.3 is 0 Å². The Hall–Kier alpha value is -1.75. The van der Waals surface area contributed by atoms with Crippen LogP contribution in [-0.4, -0.2) is 10.9 Å². The molecule has 1 aliphatic carbocycles. The first-order chi connectivity index (χ1) is 9.16. The van der Waals surface area contributed by atoms with Crippen LogP contribution in [0.1, 0.15) is 24.4 Å². The molecule has 2 atom stereocenters. The Morgan fingerprint density at radius 2 is 2.11 bits per heavy atom. The fourth-order valence-corrected chi connectivity index (χ4v) is 2.94. The highest BCUT2D eigenvalue weighted by Gasteiger charge is 2.39. The highest BCUT2D eigenvalue weighted by atomic mass is 32.1. The second-order valence-corrected chi connectivity index (χ2v) is 5.15. The van der Waals surface area contributed by atoms with E-state index in [0.29, 0.717) is 23.5 Å². The molecule has 2 aliphatic rings. The van der Waals surface area contributed by atoms with E-state index in [-0.39, 0.29) is 17.5 Å². The van der Waals surface area contributed by atoms with Crippen LogP contribution in [0.25, 0.3) is 0 Å². The summed E-state index contributed by atoms with van der Waals surface area (Å²) < 4.78 is 14.0. The maximum Gasteiger partial charge on any atom is 0.171 e. The summed E-state index contributed by atoms with van der Waals surface area (Å²) in [5.41, 5.74) is 1.28. The van der Waals surface area contributed by atoms with E-state index in [0.717, 1.165) is 5.70 Å². The van der Waals surface area contributed by atoms with Crippen molar-refractivity contribution in [3.8, 4) is 0 Å². The van der Waals surface area contributed by atoms with Crippen LogP contribution in [0.15, 0.2) is 36.0 Å². The molecule has 0 unspecified atom stereocenters. The zero-order chi connectivity index (χ0) is 13.4. The third-order valence-corrected chi connectivity index (χ3v) is 3.77. The monoisotopic (exact) mass is 276 g/mol. The smallest absolute Gasteiger partial charge is 0.171 e. The standard InChI is InChI=1S/C14H13FN2OS/c15-9-5-2-1-4-8(9)13-12-10(16-14(19)17-13)6-3-7-11(12)18/h1-2,4-6,12-13H,3,7H2,(H2,16,17,19)/t12-,13-/m0/s1. The van der Waals surface area contributed by atoms with E-state index >= 15 is 0 Å². The topological polar surface area (TPSA) is 41.1 Å². The number of nitrogens with one attached hydrogen (secondary N) is 2. The molecule has 0 amide bonds. The molecule has 0 aromatic heterocycles. The SMILES string of the molecule is O=C1CCC=C2NC(=S)N[C@@H](c3ccccc3F)[C@H]12. The lowest BCUT2D eigenvalue weighted by Gasteiger charge is -2.37. The van der Waals surface area contributed by atoms with Crippen molar-refractivity contribution in [3.63, 3.8) is 0 Å². The van der Waals surface area contributed by atoms with Gasteiger partial charge in [0.1, 0.15) is 11.6 Å². The van der Waals surface area contributed by atoms with Gasteiger partial charge in [-0.25, -0.2) is 4.39 Å². The third-order valence-electron chi connectivity index (χ3n) is 3.56. The van der Waals surface area contributed by atoms with Crippen molar-refractivity contribution >= 4 is 23.1 Å². The molecule has 1 heterocycles. The number of allylic oxidation sites excluding steroid dienone is 1. The van der Waals surface area contributed by atoms with Gasteiger partial charge in [0, 0.05) is 17.7 Å². The van der Waals surface area contributed by atoms with Gasteiger partial charge in [0.15, 0.2) is 5.11 Å². The minimum atomic E-state index is -0.422. The van der Waals surface area contributed by atoms with Gasteiger partial charge in [0.05, 0.1) is 12.0 Å². The largest absolute Gasteiger partial charge is 0.354 e. The second-order valence-electron chi connectivity index (χ2n) is 4.74. The van der Waals surface area contributed by atoms with Gasteiger partial charge in [-0.05, 0) is 24.7 Å². The molecule has 5 heteroatoms. The Kier molecular flexibility index (Phi) is 3.06. The molecule has 19 heavy (non-hydrogen) atoms. The average Bonchev–Trinajstić information content (AvgIpc) is 2.38. The minimum Gasteiger partial charge on any atom is -0.354 e. The Balaban J connectivity index is 2.06. The van der Waals surface area contributed by atoms with Crippen LogP contribution in [-0.2, 0) is 4.79 Å². The quantitative estimate of drug-likeness (QED) is 0.772. The molecule has 1 aliphatic heterocycles. The molecule has 2 N–H and O–H groups in total. The molecule has 0 saturated carbocycles. The molecule has 0 bridgehead atoms. The van der Waals surface area contributed by atoms with Gasteiger partial charge < -0.3 is 10.6 Å². The molecule has 1 aromatic carbocycles. The van der Waals surface area contributed by atoms with Crippen molar-refractivity contribution in [1.29, 1.82) is 0 Å². The summed E-state index contributed by atoms with van der Waals surface area (Å²) in [6.45, 7) is 0. The van der Waals surface area contributed by atoms with Crippen molar-refractivity contribution in [3.05, 3.63) is 47.4 Å². The highest BCUT2D eigenvalue weighted by Crippen LogP contribution is 2.35. The zero-order valence-electron chi connectivity index (χ0n) is 10.2. The normalized spacial score (nSPS) is 26.1. The summed E-state index contributed by atoms with van der Waals surface area (Å²) in [5.74, 6) is -0.576. The average molecular weight is 276 g/mol. The summed E-state index contributed by atoms with van der Waals surface area (Å²) in [6.07, 6.45) is 3.19. The number of halogens is 1. The van der Waals surface area contributed by atoms with E-state index in [1.807, 2.05) is 6.08 Å². The van der Waals surface area contributed by atoms with Gasteiger partial charge in [-0.1, -0.05) is 24.3 Å². The molecule has 1 aromatic rings. The minimum absolute atomic E-state index is 0.119. The predicted molar refractivity (Wildman–Crippen MR) is 73.8 cm³/mol. The van der Waals surface area contributed by atoms with Crippen LogP contribution in [0.5, 0.6) is 0 Å². The summed E-state index contributed by atoms with van der Waals surface area (Å²) in [7, 11) is 0. The van der Waals surface area contributed by atoms with Crippen LogP contribution < -0.4 is 10.6 Å². The molecule has 0 radical (unpaired) electrons. The summed E-state index contributed by atoms with van der Waals surface area (Å²) in [5, 5.41) is 6.46. The Morgan fingerprint density at radius 3 is 2.89 bits per heavy atom. The van der Waals surface area contributed by atoms with Crippen LogP contribution in [0.4, 0.5) is 4.39 Å². The lowest BCUT2D eigenvalue weighted by atomic mass is 9.80. The third kappa shape index (κ3) is 2.14. The number of ketones is 1. The number of carbonyl (C=O) groups excluding carboxylic acids is 1. The van der Waals surface area contributed by atoms with Crippen molar-refractivity contribution in [2.75, 3.05) is 0 Å². The van der Waals surface area contributed by atoms with Crippen LogP contribution in [0.2, 0.25) is 0 Å². The van der Waals surface area contributed by atoms with E-state index in [1.54, 1.807) is 18.2 Å². The first-order valence-corrected chi connectivity index (χ1v) is 6.62. The Morgan fingerprint density at radius 1 is 1.32 bits per heavy atom. The van der Waals surface area contributed by atoms with Crippen molar-refractivity contribution < 1.29 is 9.18 Å². The van der Waals surface area contributed by atoms with Crippen LogP contribution >= 0.6 is 12.2 Å². The van der Waals surface area contributed by atoms with Gasteiger partial charge in [0.25, 0.3) is 0 Å². The van der Waals surface area contributed by atoms with Gasteiger partial charge in [0.2, 0.25) is 0 Å². The number of Topliss-reactive ketones (excluding diaryl/α,β-unsaturated/α-hetero) is 1. The Bertz CT molecular complexity index is 585. The lowest BCUT2D eigenvalue weighted by molar-refractivity contribution is -0.123. The first kappa shape index (κ1) is 12.3. The molecule has 0 spiro atoms. The van der Waals surface area contributed by atoms with Crippen molar-refractivity contribution in [2.45, 2.75) is 18.9 Å². The maximum absolute atomic E-state index is 14.0. The molecule has 1 saturated heterocycles. The number of benzene rings is 1. The number of fused-ring (bicyclic) bond motifs is 1. The molecule has 1 fully saturated rings. The number of rotatable bonds is 1. The molecular formula is C14H13FN2OS. The molecular weight excluding hydrogens is 263 g/mol. The van der Waals surface area contributed by atoms with E-state index in [9.17, 15) is 9.18 Å². The summed E-state index contributed by atoms with van der Waals surface area (Å²) in [4.78, 5) is 12.1. The first-order valence-electron chi connectivity index (χ1n) is 6.21. The van der Waals surface area contributed by atoms with Crippen molar-refractivity contribution in [2.24, 2.45) is 5.92 Å². The van der Waals surface area contributed by atoms with E-state index < -0.39 is 6.04 Å². The van der Waals surface area contributed by atoms with Crippen molar-refractivity contribution in [1.82, 2.24) is 10.6 Å². The summed E-state index contributed by atoms with van der Waals surface area (Å²) >= 11 is 5.14. The van der Waals surface area contributed by atoms with E-state index in [2.05, 4.69) is 10.6 Å². The summed E-state index contributed by atoms with van der Waals surface area (Å²) in [6, 6.07) is 6.08. The highest BCUT2D eigenvalue weighted by molar-refractivity contribution is 7.80. The number of carbonyl (C=O) groups is 1. The zero-order valence-corrected chi connectivity index (χ0v) is 11.0. The predicted octanol–water partition coefficient (Wildman–Crippen LogP) is 2.21. The Labute approximate surface area is 115 Å². The molecule has 98 valence electrons. The van der Waals surface area contributed by atoms with Crippen LogP contribution in [0.3, 0.4) is 0 Å². The van der Waals surface area contributed by atoms with Gasteiger partial charge in [-0.15, -0.1) is 0 Å².